The van der Waals surface area contributed by atoms with E-state index >= 15 is 0 Å². The lowest BCUT2D eigenvalue weighted by molar-refractivity contribution is -0.274. The lowest BCUT2D eigenvalue weighted by atomic mass is 10.0. The van der Waals surface area contributed by atoms with Crippen LogP contribution >= 0.6 is 11.6 Å². The SMILES string of the molecule is CCCCOC(=O)CCCOc1cc(NC(C(=O)N2CCc3c(C)cc(OC(F)(F)F)cc32)c2ccc(Cl)cc2)cc(OC)c1. The molecule has 1 aliphatic rings. The number of carbonyl (C=O) groups is 2. The number of benzene rings is 3. The van der Waals surface area contributed by atoms with E-state index in [1.165, 1.54) is 24.1 Å². The molecule has 0 fully saturated rings. The predicted octanol–water partition coefficient (Wildman–Crippen LogP) is 7.80. The molecule has 1 atom stereocenters. The summed E-state index contributed by atoms with van der Waals surface area (Å²) in [6.07, 6.45) is -1.96. The second-order valence-electron chi connectivity index (χ2n) is 10.6. The van der Waals surface area contributed by atoms with Crippen LogP contribution in [0.5, 0.6) is 17.2 Å². The number of methoxy groups -OCH3 is 1. The van der Waals surface area contributed by atoms with Crippen molar-refractivity contribution >= 4 is 34.9 Å². The van der Waals surface area contributed by atoms with Gasteiger partial charge in [0.05, 0.1) is 26.0 Å². The average molecular weight is 649 g/mol. The number of ether oxygens (including phenoxy) is 4. The summed E-state index contributed by atoms with van der Waals surface area (Å²) in [6, 6.07) is 13.4. The van der Waals surface area contributed by atoms with Gasteiger partial charge in [-0.1, -0.05) is 37.1 Å². The van der Waals surface area contributed by atoms with E-state index in [2.05, 4.69) is 10.1 Å². The summed E-state index contributed by atoms with van der Waals surface area (Å²) in [5, 5.41) is 3.74. The van der Waals surface area contributed by atoms with Crippen molar-refractivity contribution in [3.8, 4) is 17.2 Å². The summed E-state index contributed by atoms with van der Waals surface area (Å²) in [6.45, 7) is 4.65. The highest BCUT2D eigenvalue weighted by atomic mass is 35.5. The molecule has 1 N–H and O–H groups in total. The molecule has 3 aromatic rings. The van der Waals surface area contributed by atoms with Crippen LogP contribution in [-0.2, 0) is 20.7 Å². The summed E-state index contributed by atoms with van der Waals surface area (Å²) < 4.78 is 59.8. The third kappa shape index (κ3) is 9.43. The number of nitrogens with zero attached hydrogens (tertiary/aromatic N) is 1. The van der Waals surface area contributed by atoms with E-state index in [0.29, 0.717) is 58.5 Å². The average Bonchev–Trinajstić information content (AvgIpc) is 3.42. The second kappa shape index (κ2) is 15.2. The normalized spacial score (nSPS) is 13.2. The Morgan fingerprint density at radius 3 is 2.42 bits per heavy atom. The van der Waals surface area contributed by atoms with Crippen molar-refractivity contribution in [2.45, 2.75) is 58.4 Å². The van der Waals surface area contributed by atoms with Crippen molar-refractivity contribution in [1.82, 2.24) is 0 Å². The fraction of sp³-hybridized carbons (Fsp3) is 0.394. The van der Waals surface area contributed by atoms with Crippen LogP contribution in [0.2, 0.25) is 5.02 Å². The molecule has 12 heteroatoms. The van der Waals surface area contributed by atoms with E-state index in [-0.39, 0.29) is 31.4 Å². The fourth-order valence-electron chi connectivity index (χ4n) is 5.03. The van der Waals surface area contributed by atoms with Crippen LogP contribution in [0.3, 0.4) is 0 Å². The summed E-state index contributed by atoms with van der Waals surface area (Å²) in [5.74, 6) is -0.133. The number of fused-ring (bicyclic) bond motifs is 1. The molecule has 4 rings (SSSR count). The molecule has 0 saturated heterocycles. The van der Waals surface area contributed by atoms with Gasteiger partial charge in [0.2, 0.25) is 0 Å². The third-order valence-corrected chi connectivity index (χ3v) is 7.48. The van der Waals surface area contributed by atoms with Crippen LogP contribution in [-0.4, -0.2) is 45.1 Å². The first-order chi connectivity index (χ1) is 21.5. The van der Waals surface area contributed by atoms with Gasteiger partial charge in [-0.2, -0.15) is 0 Å². The Bertz CT molecular complexity index is 1480. The minimum absolute atomic E-state index is 0.221. The molecule has 8 nitrogen and oxygen atoms in total. The minimum Gasteiger partial charge on any atom is -0.497 e. The van der Waals surface area contributed by atoms with E-state index < -0.39 is 18.2 Å². The lowest BCUT2D eigenvalue weighted by Gasteiger charge is -2.27. The molecule has 242 valence electrons. The molecule has 1 unspecified atom stereocenters. The molecule has 1 heterocycles. The predicted molar refractivity (Wildman–Crippen MR) is 165 cm³/mol. The zero-order chi connectivity index (χ0) is 32.6. The number of amides is 1. The Morgan fingerprint density at radius 2 is 1.73 bits per heavy atom. The van der Waals surface area contributed by atoms with E-state index in [4.69, 9.17) is 25.8 Å². The number of hydrogen-bond donors (Lipinski definition) is 1. The first-order valence-electron chi connectivity index (χ1n) is 14.7. The van der Waals surface area contributed by atoms with Crippen molar-refractivity contribution in [2.24, 2.45) is 0 Å². The molecule has 3 aromatic carbocycles. The zero-order valence-corrected chi connectivity index (χ0v) is 26.1. The number of hydrogen-bond acceptors (Lipinski definition) is 7. The second-order valence-corrected chi connectivity index (χ2v) is 11.0. The van der Waals surface area contributed by atoms with Crippen molar-refractivity contribution < 1.29 is 41.7 Å². The molecule has 0 aliphatic carbocycles. The molecule has 0 bridgehead atoms. The monoisotopic (exact) mass is 648 g/mol. The molecule has 45 heavy (non-hydrogen) atoms. The smallest absolute Gasteiger partial charge is 0.497 e. The highest BCUT2D eigenvalue weighted by Crippen LogP contribution is 2.39. The van der Waals surface area contributed by atoms with Crippen molar-refractivity contribution in [3.05, 3.63) is 76.3 Å². The summed E-state index contributed by atoms with van der Waals surface area (Å²) in [7, 11) is 1.50. The minimum atomic E-state index is -4.87. The van der Waals surface area contributed by atoms with Crippen LogP contribution < -0.4 is 24.4 Å². The Morgan fingerprint density at radius 1 is 1.00 bits per heavy atom. The van der Waals surface area contributed by atoms with E-state index in [9.17, 15) is 22.8 Å². The Hall–Kier alpha value is -4.12. The van der Waals surface area contributed by atoms with Crippen molar-refractivity contribution in [3.63, 3.8) is 0 Å². The van der Waals surface area contributed by atoms with E-state index in [0.717, 1.165) is 18.4 Å². The topological polar surface area (TPSA) is 86.3 Å². The van der Waals surface area contributed by atoms with Crippen LogP contribution in [0.25, 0.3) is 0 Å². The summed E-state index contributed by atoms with van der Waals surface area (Å²) in [4.78, 5) is 27.5. The number of anilines is 2. The first kappa shape index (κ1) is 33.8. The Kier molecular flexibility index (Phi) is 11.4. The van der Waals surface area contributed by atoms with Crippen LogP contribution in [0, 0.1) is 6.92 Å². The molecular weight excluding hydrogens is 613 g/mol. The highest BCUT2D eigenvalue weighted by Gasteiger charge is 2.35. The summed E-state index contributed by atoms with van der Waals surface area (Å²) in [5.41, 5.74) is 2.83. The standard InChI is InChI=1S/C33H36ClF3N2O6/c1-4-5-14-44-30(40)7-6-15-43-26-18-24(17-25(19-26)42-3)38-31(22-8-10-23(34)11-9-22)32(41)39-13-12-28-21(2)16-27(20-29(28)39)45-33(35,36)37/h8-11,16-20,31,38H,4-7,12-15H2,1-3H3. The van der Waals surface area contributed by atoms with Gasteiger partial charge in [0.25, 0.3) is 5.91 Å². The van der Waals surface area contributed by atoms with E-state index in [1.54, 1.807) is 49.4 Å². The maximum Gasteiger partial charge on any atom is 0.573 e. The summed E-state index contributed by atoms with van der Waals surface area (Å²) >= 11 is 6.13. The van der Waals surface area contributed by atoms with Gasteiger partial charge in [-0.15, -0.1) is 13.2 Å². The number of carbonyl (C=O) groups excluding carboxylic acids is 2. The molecule has 1 aliphatic heterocycles. The number of esters is 1. The van der Waals surface area contributed by atoms with Gasteiger partial charge in [0, 0.05) is 47.9 Å². The Labute approximate surface area is 265 Å². The van der Waals surface area contributed by atoms with Gasteiger partial charge in [-0.05, 0) is 61.1 Å². The molecule has 0 spiro atoms. The number of rotatable bonds is 14. The van der Waals surface area contributed by atoms with Gasteiger partial charge in [0.15, 0.2) is 0 Å². The van der Waals surface area contributed by atoms with Crippen molar-refractivity contribution in [2.75, 3.05) is 37.1 Å². The highest BCUT2D eigenvalue weighted by molar-refractivity contribution is 6.30. The molecule has 0 aromatic heterocycles. The third-order valence-electron chi connectivity index (χ3n) is 7.23. The van der Waals surface area contributed by atoms with Gasteiger partial charge < -0.3 is 29.2 Å². The number of nitrogens with one attached hydrogen (secondary N) is 1. The maximum absolute atomic E-state index is 14.2. The number of aryl methyl sites for hydroxylation is 1. The van der Waals surface area contributed by atoms with Crippen LogP contribution in [0.4, 0.5) is 24.5 Å². The van der Waals surface area contributed by atoms with Gasteiger partial charge >= 0.3 is 12.3 Å². The fourth-order valence-corrected chi connectivity index (χ4v) is 5.15. The number of halogens is 4. The molecule has 0 saturated carbocycles. The largest absolute Gasteiger partial charge is 0.573 e. The van der Waals surface area contributed by atoms with Gasteiger partial charge in [0.1, 0.15) is 23.3 Å². The molecule has 1 amide bonds. The maximum atomic E-state index is 14.2. The number of alkyl halides is 3. The van der Waals surface area contributed by atoms with E-state index in [1.807, 2.05) is 6.92 Å². The van der Waals surface area contributed by atoms with Crippen LogP contribution in [0.15, 0.2) is 54.6 Å². The zero-order valence-electron chi connectivity index (χ0n) is 25.3. The van der Waals surface area contributed by atoms with Crippen molar-refractivity contribution in [1.29, 1.82) is 0 Å². The van der Waals surface area contributed by atoms with Crippen LogP contribution in [0.1, 0.15) is 55.3 Å². The Balaban J connectivity index is 1.56. The molecular formula is C33H36ClF3N2O6. The molecule has 0 radical (unpaired) electrons. The first-order valence-corrected chi connectivity index (χ1v) is 15.1. The lowest BCUT2D eigenvalue weighted by Crippen LogP contribution is -2.37. The van der Waals surface area contributed by atoms with Gasteiger partial charge in [-0.3, -0.25) is 9.59 Å². The quantitative estimate of drug-likeness (QED) is 0.141. The number of unbranched alkanes of at least 4 members (excludes halogenated alkanes) is 1. The van der Waals surface area contributed by atoms with Gasteiger partial charge in [-0.25, -0.2) is 0 Å².